The van der Waals surface area contributed by atoms with Crippen molar-refractivity contribution in [1.82, 2.24) is 0 Å². The van der Waals surface area contributed by atoms with E-state index in [0.717, 1.165) is 19.3 Å². The summed E-state index contributed by atoms with van der Waals surface area (Å²) in [6, 6.07) is 0. The van der Waals surface area contributed by atoms with Crippen molar-refractivity contribution in [3.63, 3.8) is 0 Å². The van der Waals surface area contributed by atoms with Crippen LogP contribution < -0.4 is 0 Å². The predicted molar refractivity (Wildman–Crippen MR) is 45.4 cm³/mol. The molecule has 0 bridgehead atoms. The number of nitrogens with zero attached hydrogens (tertiary/aromatic N) is 1. The Bertz CT molecular complexity index is 121. The minimum Gasteiger partial charge on any atom is -0.391 e. The molecule has 0 spiro atoms. The number of thiocarbonyl (C=S) groups is 1. The van der Waals surface area contributed by atoms with Crippen LogP contribution >= 0.6 is 12.2 Å². The zero-order chi connectivity index (χ0) is 7.82. The molecule has 2 nitrogen and oxygen atoms in total. The Labute approximate surface area is 67.0 Å². The van der Waals surface area contributed by atoms with Crippen molar-refractivity contribution < 1.29 is 5.11 Å². The van der Waals surface area contributed by atoms with Gasteiger partial charge in [-0.25, -0.2) is 4.99 Å². The molecule has 0 saturated carbocycles. The Morgan fingerprint density at radius 3 is 2.90 bits per heavy atom. The first kappa shape index (κ1) is 9.76. The molecule has 1 N–H and O–H groups in total. The first-order chi connectivity index (χ1) is 4.81. The third-order valence-electron chi connectivity index (χ3n) is 1.26. The molecule has 0 aromatic rings. The van der Waals surface area contributed by atoms with E-state index in [9.17, 15) is 0 Å². The van der Waals surface area contributed by atoms with Crippen LogP contribution in [0, 0.1) is 0 Å². The summed E-state index contributed by atoms with van der Waals surface area (Å²) >= 11 is 4.36. The number of hydrogen-bond acceptors (Lipinski definition) is 3. The van der Waals surface area contributed by atoms with Crippen molar-refractivity contribution in [3.8, 4) is 0 Å². The first-order valence-corrected chi connectivity index (χ1v) is 3.93. The van der Waals surface area contributed by atoms with Crippen LogP contribution in [0.4, 0.5) is 0 Å². The predicted octanol–water partition coefficient (Wildman–Crippen LogP) is 1.64. The van der Waals surface area contributed by atoms with E-state index in [4.69, 9.17) is 5.11 Å². The van der Waals surface area contributed by atoms with E-state index in [1.54, 1.807) is 0 Å². The van der Waals surface area contributed by atoms with Gasteiger partial charge >= 0.3 is 0 Å². The van der Waals surface area contributed by atoms with Crippen molar-refractivity contribution >= 4 is 17.4 Å². The van der Waals surface area contributed by atoms with E-state index in [1.807, 2.05) is 0 Å². The van der Waals surface area contributed by atoms with Gasteiger partial charge < -0.3 is 5.11 Å². The van der Waals surface area contributed by atoms with Gasteiger partial charge in [0.2, 0.25) is 0 Å². The molecule has 0 heterocycles. The summed E-state index contributed by atoms with van der Waals surface area (Å²) < 4.78 is 0. The maximum atomic E-state index is 9.13. The molecular weight excluding hydrogens is 146 g/mol. The monoisotopic (exact) mass is 159 g/mol. The van der Waals surface area contributed by atoms with Gasteiger partial charge in [0, 0.05) is 0 Å². The fourth-order valence-corrected chi connectivity index (χ4v) is 0.748. The van der Waals surface area contributed by atoms with Crippen LogP contribution in [0.5, 0.6) is 0 Å². The van der Waals surface area contributed by atoms with Crippen molar-refractivity contribution in [2.24, 2.45) is 4.99 Å². The number of rotatable bonds is 5. The summed E-state index contributed by atoms with van der Waals surface area (Å²) in [5.74, 6) is 0. The van der Waals surface area contributed by atoms with E-state index >= 15 is 0 Å². The molecule has 58 valence electrons. The lowest BCUT2D eigenvalue weighted by molar-refractivity contribution is 0.170. The highest BCUT2D eigenvalue weighted by Crippen LogP contribution is 1.99. The van der Waals surface area contributed by atoms with Crippen molar-refractivity contribution in [2.75, 3.05) is 6.54 Å². The smallest absolute Gasteiger partial charge is 0.0752 e. The molecule has 1 unspecified atom stereocenters. The molecule has 0 saturated heterocycles. The van der Waals surface area contributed by atoms with E-state index in [2.05, 4.69) is 29.3 Å². The molecule has 1 atom stereocenters. The maximum Gasteiger partial charge on any atom is 0.0752 e. The lowest BCUT2D eigenvalue weighted by atomic mass is 10.2. The largest absolute Gasteiger partial charge is 0.391 e. The SMILES string of the molecule is CCCCC(O)CN=C=S. The molecule has 0 fully saturated rings. The Balaban J connectivity index is 3.24. The maximum absolute atomic E-state index is 9.13. The molecule has 0 radical (unpaired) electrons. The van der Waals surface area contributed by atoms with Gasteiger partial charge in [-0.05, 0) is 18.6 Å². The normalized spacial score (nSPS) is 12.2. The van der Waals surface area contributed by atoms with Crippen LogP contribution in [-0.4, -0.2) is 22.9 Å². The Kier molecular flexibility index (Phi) is 6.71. The lowest BCUT2D eigenvalue weighted by Gasteiger charge is -2.03. The molecular formula is C7H13NOS. The molecule has 0 amide bonds. The zero-order valence-corrected chi connectivity index (χ0v) is 7.02. The van der Waals surface area contributed by atoms with Gasteiger partial charge in [0.05, 0.1) is 17.8 Å². The third kappa shape index (κ3) is 5.89. The van der Waals surface area contributed by atoms with Gasteiger partial charge in [-0.3, -0.25) is 0 Å². The summed E-state index contributed by atoms with van der Waals surface area (Å²) in [5.41, 5.74) is 0. The van der Waals surface area contributed by atoms with E-state index in [0.29, 0.717) is 6.54 Å². The number of aliphatic hydroxyl groups is 1. The second-order valence-corrected chi connectivity index (χ2v) is 2.41. The fraction of sp³-hybridized carbons (Fsp3) is 0.857. The Morgan fingerprint density at radius 2 is 2.40 bits per heavy atom. The molecule has 0 aliphatic rings. The zero-order valence-electron chi connectivity index (χ0n) is 6.21. The van der Waals surface area contributed by atoms with E-state index in [1.165, 1.54) is 0 Å². The van der Waals surface area contributed by atoms with Gasteiger partial charge in [0.15, 0.2) is 0 Å². The van der Waals surface area contributed by atoms with Gasteiger partial charge in [0.25, 0.3) is 0 Å². The second-order valence-electron chi connectivity index (χ2n) is 2.23. The number of aliphatic hydroxyl groups excluding tert-OH is 1. The number of isothiocyanates is 1. The van der Waals surface area contributed by atoms with Crippen molar-refractivity contribution in [3.05, 3.63) is 0 Å². The Hall–Kier alpha value is -0.240. The minimum absolute atomic E-state index is 0.324. The van der Waals surface area contributed by atoms with Crippen molar-refractivity contribution in [2.45, 2.75) is 32.3 Å². The summed E-state index contributed by atoms with van der Waals surface area (Å²) in [6.45, 7) is 2.50. The standard InChI is InChI=1S/C7H13NOS/c1-2-3-4-7(9)5-8-6-10/h7,9H,2-5H2,1H3. The number of aliphatic imine (C=N–C) groups is 1. The van der Waals surface area contributed by atoms with E-state index in [-0.39, 0.29) is 6.10 Å². The summed E-state index contributed by atoms with van der Waals surface area (Å²) in [6.07, 6.45) is 2.65. The van der Waals surface area contributed by atoms with Crippen LogP contribution in [0.3, 0.4) is 0 Å². The van der Waals surface area contributed by atoms with Gasteiger partial charge in [-0.15, -0.1) is 0 Å². The van der Waals surface area contributed by atoms with Gasteiger partial charge in [0.1, 0.15) is 0 Å². The minimum atomic E-state index is -0.324. The molecule has 0 aromatic heterocycles. The van der Waals surface area contributed by atoms with Crippen LogP contribution in [-0.2, 0) is 0 Å². The van der Waals surface area contributed by atoms with Crippen LogP contribution in [0.1, 0.15) is 26.2 Å². The molecule has 0 aliphatic heterocycles. The third-order valence-corrected chi connectivity index (χ3v) is 1.39. The first-order valence-electron chi connectivity index (χ1n) is 3.53. The topological polar surface area (TPSA) is 32.6 Å². The average molecular weight is 159 g/mol. The number of unbranched alkanes of at least 4 members (excludes halogenated alkanes) is 1. The Morgan fingerprint density at radius 1 is 1.70 bits per heavy atom. The average Bonchev–Trinajstić information content (AvgIpc) is 1.97. The number of hydrogen-bond donors (Lipinski definition) is 1. The lowest BCUT2D eigenvalue weighted by Crippen LogP contribution is -2.09. The highest BCUT2D eigenvalue weighted by Gasteiger charge is 1.99. The summed E-state index contributed by atoms with van der Waals surface area (Å²) in [5, 5.41) is 11.4. The van der Waals surface area contributed by atoms with Crippen molar-refractivity contribution in [1.29, 1.82) is 0 Å². The molecule has 0 rings (SSSR count). The van der Waals surface area contributed by atoms with Gasteiger partial charge in [-0.2, -0.15) is 0 Å². The highest BCUT2D eigenvalue weighted by atomic mass is 32.1. The summed E-state index contributed by atoms with van der Waals surface area (Å²) in [4.78, 5) is 3.64. The van der Waals surface area contributed by atoms with Gasteiger partial charge in [-0.1, -0.05) is 19.8 Å². The molecule has 3 heteroatoms. The highest BCUT2D eigenvalue weighted by molar-refractivity contribution is 7.78. The summed E-state index contributed by atoms with van der Waals surface area (Å²) in [7, 11) is 0. The molecule has 10 heavy (non-hydrogen) atoms. The van der Waals surface area contributed by atoms with Crippen LogP contribution in [0.25, 0.3) is 0 Å². The quantitative estimate of drug-likeness (QED) is 0.488. The molecule has 0 aliphatic carbocycles. The second kappa shape index (κ2) is 6.87. The van der Waals surface area contributed by atoms with Crippen LogP contribution in [0.15, 0.2) is 4.99 Å². The molecule has 0 aromatic carbocycles. The fourth-order valence-electron chi connectivity index (χ4n) is 0.674. The van der Waals surface area contributed by atoms with Crippen LogP contribution in [0.2, 0.25) is 0 Å². The van der Waals surface area contributed by atoms with E-state index < -0.39 is 0 Å².